The molecule has 22 heavy (non-hydrogen) atoms. The fraction of sp³-hybridized carbons (Fsp3) is 0.357. The van der Waals surface area contributed by atoms with Crippen LogP contribution in [0.5, 0.6) is 0 Å². The van der Waals surface area contributed by atoms with Crippen molar-refractivity contribution in [2.45, 2.75) is 6.10 Å². The van der Waals surface area contributed by atoms with Gasteiger partial charge in [0, 0.05) is 25.6 Å². The third-order valence-electron chi connectivity index (χ3n) is 3.58. The molecular weight excluding hydrogens is 306 g/mol. The number of hydrogen-bond acceptors (Lipinski definition) is 5. The Balaban J connectivity index is 0.00000176. The summed E-state index contributed by atoms with van der Waals surface area (Å²) in [6.07, 6.45) is 1.18. The zero-order chi connectivity index (χ0) is 14.7. The number of halogens is 1. The topological polar surface area (TPSA) is 92.1 Å². The van der Waals surface area contributed by atoms with Crippen molar-refractivity contribution in [2.24, 2.45) is 5.92 Å². The molecule has 3 N–H and O–H groups in total. The molecule has 0 radical (unpaired) electrons. The van der Waals surface area contributed by atoms with Gasteiger partial charge in [-0.05, 0) is 12.1 Å². The van der Waals surface area contributed by atoms with Crippen molar-refractivity contribution in [2.75, 3.05) is 19.6 Å². The van der Waals surface area contributed by atoms with Gasteiger partial charge in [0.1, 0.15) is 0 Å². The molecule has 2 unspecified atom stereocenters. The number of nitrogens with one attached hydrogen (secondary N) is 2. The minimum Gasteiger partial charge on any atom is -0.391 e. The van der Waals surface area contributed by atoms with Crippen LogP contribution in [0.3, 0.4) is 0 Å². The van der Waals surface area contributed by atoms with Crippen LogP contribution in [0.25, 0.3) is 5.69 Å². The van der Waals surface area contributed by atoms with E-state index in [9.17, 15) is 9.90 Å². The predicted molar refractivity (Wildman–Crippen MR) is 83.3 cm³/mol. The molecule has 1 amide bonds. The molecule has 3 rings (SSSR count). The first-order valence-corrected chi connectivity index (χ1v) is 6.89. The highest BCUT2D eigenvalue weighted by molar-refractivity contribution is 5.91. The monoisotopic (exact) mass is 323 g/mol. The maximum Gasteiger partial charge on any atom is 0.273 e. The summed E-state index contributed by atoms with van der Waals surface area (Å²) >= 11 is 0. The number of nitrogens with zero attached hydrogens (tertiary/aromatic N) is 3. The Hall–Kier alpha value is -1.96. The summed E-state index contributed by atoms with van der Waals surface area (Å²) in [7, 11) is 0. The van der Waals surface area contributed by atoms with Crippen LogP contribution in [0.2, 0.25) is 0 Å². The van der Waals surface area contributed by atoms with Crippen LogP contribution >= 0.6 is 12.4 Å². The van der Waals surface area contributed by atoms with Crippen molar-refractivity contribution in [3.63, 3.8) is 0 Å². The van der Waals surface area contributed by atoms with Crippen molar-refractivity contribution in [1.82, 2.24) is 25.6 Å². The molecule has 2 heterocycles. The van der Waals surface area contributed by atoms with E-state index < -0.39 is 6.10 Å². The second-order valence-electron chi connectivity index (χ2n) is 5.08. The summed E-state index contributed by atoms with van der Waals surface area (Å²) in [6, 6.07) is 9.47. The van der Waals surface area contributed by atoms with E-state index in [1.807, 2.05) is 30.3 Å². The molecule has 2 aromatic rings. The first-order valence-electron chi connectivity index (χ1n) is 6.89. The normalized spacial score (nSPS) is 20.4. The van der Waals surface area contributed by atoms with Crippen LogP contribution in [-0.2, 0) is 0 Å². The molecule has 2 atom stereocenters. The lowest BCUT2D eigenvalue weighted by Gasteiger charge is -2.13. The number of carbonyl (C=O) groups excluding carboxylic acids is 1. The maximum absolute atomic E-state index is 12.0. The van der Waals surface area contributed by atoms with E-state index in [2.05, 4.69) is 20.9 Å². The lowest BCUT2D eigenvalue weighted by atomic mass is 10.1. The summed E-state index contributed by atoms with van der Waals surface area (Å²) in [5.41, 5.74) is 1.11. The molecule has 0 spiro atoms. The van der Waals surface area contributed by atoms with Crippen LogP contribution in [-0.4, -0.2) is 51.7 Å². The Labute approximate surface area is 134 Å². The summed E-state index contributed by atoms with van der Waals surface area (Å²) < 4.78 is 1.56. The highest BCUT2D eigenvalue weighted by Gasteiger charge is 2.25. The van der Waals surface area contributed by atoms with E-state index >= 15 is 0 Å². The third kappa shape index (κ3) is 3.62. The Morgan fingerprint density at radius 3 is 2.82 bits per heavy atom. The summed E-state index contributed by atoms with van der Waals surface area (Å²) in [5, 5.41) is 23.4. The molecule has 7 nitrogen and oxygen atoms in total. The van der Waals surface area contributed by atoms with Crippen LogP contribution in [0.15, 0.2) is 36.5 Å². The van der Waals surface area contributed by atoms with Crippen LogP contribution in [0, 0.1) is 5.92 Å². The van der Waals surface area contributed by atoms with Gasteiger partial charge in [0.05, 0.1) is 18.0 Å². The van der Waals surface area contributed by atoms with Gasteiger partial charge in [-0.25, -0.2) is 4.68 Å². The number of hydrogen-bond donors (Lipinski definition) is 3. The second kappa shape index (κ2) is 7.35. The highest BCUT2D eigenvalue weighted by atomic mass is 35.5. The molecular formula is C14H18ClN5O2. The second-order valence-corrected chi connectivity index (χ2v) is 5.08. The molecule has 1 fully saturated rings. The van der Waals surface area contributed by atoms with Crippen LogP contribution < -0.4 is 10.6 Å². The minimum atomic E-state index is -0.412. The molecule has 0 saturated carbocycles. The Morgan fingerprint density at radius 2 is 2.14 bits per heavy atom. The predicted octanol–water partition coefficient (Wildman–Crippen LogP) is -0.000800. The molecule has 118 valence electrons. The van der Waals surface area contributed by atoms with Crippen molar-refractivity contribution in [1.29, 1.82) is 0 Å². The zero-order valence-electron chi connectivity index (χ0n) is 11.8. The van der Waals surface area contributed by atoms with E-state index in [0.717, 1.165) is 5.69 Å². The maximum atomic E-state index is 12.0. The summed E-state index contributed by atoms with van der Waals surface area (Å²) in [4.78, 5) is 12.0. The largest absolute Gasteiger partial charge is 0.391 e. The fourth-order valence-electron chi connectivity index (χ4n) is 2.32. The highest BCUT2D eigenvalue weighted by Crippen LogP contribution is 2.08. The van der Waals surface area contributed by atoms with E-state index in [0.29, 0.717) is 19.6 Å². The average Bonchev–Trinajstić information content (AvgIpc) is 3.15. The van der Waals surface area contributed by atoms with Crippen molar-refractivity contribution in [3.8, 4) is 5.69 Å². The Morgan fingerprint density at radius 1 is 1.36 bits per heavy atom. The van der Waals surface area contributed by atoms with Gasteiger partial charge in [-0.15, -0.1) is 17.5 Å². The molecule has 1 aliphatic heterocycles. The number of rotatable bonds is 4. The number of benzene rings is 1. The van der Waals surface area contributed by atoms with Crippen molar-refractivity contribution >= 4 is 18.3 Å². The van der Waals surface area contributed by atoms with Gasteiger partial charge in [-0.3, -0.25) is 4.79 Å². The summed E-state index contributed by atoms with van der Waals surface area (Å²) in [5.74, 6) is -0.241. The molecule has 1 saturated heterocycles. The minimum absolute atomic E-state index is 0. The number of aromatic nitrogens is 3. The standard InChI is InChI=1S/C14H17N5O2.ClH/c20-13-8-15-6-10(13)7-16-14(21)12-9-19(18-17-12)11-4-2-1-3-5-11;/h1-5,9-10,13,15,20H,6-8H2,(H,16,21);1H. The number of para-hydroxylation sites is 1. The molecule has 1 aliphatic rings. The van der Waals surface area contributed by atoms with Gasteiger partial charge < -0.3 is 15.7 Å². The smallest absolute Gasteiger partial charge is 0.273 e. The lowest BCUT2D eigenvalue weighted by Crippen LogP contribution is -2.34. The molecule has 1 aromatic heterocycles. The lowest BCUT2D eigenvalue weighted by molar-refractivity contribution is 0.0922. The molecule has 8 heteroatoms. The van der Waals surface area contributed by atoms with Gasteiger partial charge in [0.2, 0.25) is 0 Å². The number of carbonyl (C=O) groups is 1. The third-order valence-corrected chi connectivity index (χ3v) is 3.58. The van der Waals surface area contributed by atoms with Crippen molar-refractivity contribution in [3.05, 3.63) is 42.2 Å². The number of aliphatic hydroxyl groups excluding tert-OH is 1. The van der Waals surface area contributed by atoms with E-state index in [-0.39, 0.29) is 29.9 Å². The first kappa shape index (κ1) is 16.4. The molecule has 0 bridgehead atoms. The van der Waals surface area contributed by atoms with E-state index in [1.165, 1.54) is 0 Å². The molecule has 0 aliphatic carbocycles. The SMILES string of the molecule is Cl.O=C(NCC1CNCC1O)c1cn(-c2ccccc2)nn1. The zero-order valence-corrected chi connectivity index (χ0v) is 12.7. The van der Waals surface area contributed by atoms with Gasteiger partial charge in [0.25, 0.3) is 5.91 Å². The van der Waals surface area contributed by atoms with E-state index in [4.69, 9.17) is 0 Å². The number of aliphatic hydroxyl groups is 1. The number of β-amino-alcohol motifs (C(OH)–C–C–N with tert-alkyl or cyclic N) is 1. The average molecular weight is 324 g/mol. The summed E-state index contributed by atoms with van der Waals surface area (Å²) in [6.45, 7) is 1.70. The van der Waals surface area contributed by atoms with Gasteiger partial charge in [-0.1, -0.05) is 23.4 Å². The Kier molecular flexibility index (Phi) is 5.48. The fourth-order valence-corrected chi connectivity index (χ4v) is 2.32. The van der Waals surface area contributed by atoms with Gasteiger partial charge in [-0.2, -0.15) is 0 Å². The van der Waals surface area contributed by atoms with Crippen LogP contribution in [0.4, 0.5) is 0 Å². The van der Waals surface area contributed by atoms with Gasteiger partial charge in [0.15, 0.2) is 5.69 Å². The number of amides is 1. The van der Waals surface area contributed by atoms with Crippen LogP contribution in [0.1, 0.15) is 10.5 Å². The Bertz CT molecular complexity index is 619. The quantitative estimate of drug-likeness (QED) is 0.736. The van der Waals surface area contributed by atoms with E-state index in [1.54, 1.807) is 10.9 Å². The molecule has 1 aromatic carbocycles. The first-order chi connectivity index (χ1) is 10.2. The van der Waals surface area contributed by atoms with Crippen molar-refractivity contribution < 1.29 is 9.90 Å². The van der Waals surface area contributed by atoms with Gasteiger partial charge >= 0.3 is 0 Å².